The molecule has 3 nitrogen and oxygen atoms in total. The maximum Gasteiger partial charge on any atom is 0.264 e. The molecule has 1 N–H and O–H groups in total. The van der Waals surface area contributed by atoms with Gasteiger partial charge in [-0.1, -0.05) is 30.3 Å². The van der Waals surface area contributed by atoms with Crippen LogP contribution in [-0.2, 0) is 0 Å². The summed E-state index contributed by atoms with van der Waals surface area (Å²) in [4.78, 5) is 15.3. The van der Waals surface area contributed by atoms with Gasteiger partial charge in [0.2, 0.25) is 0 Å². The SMILES string of the molecule is O=C(c1sccc1-c1ccccc1)N1CCCC1CO. The van der Waals surface area contributed by atoms with Gasteiger partial charge in [-0.3, -0.25) is 4.79 Å². The number of carbonyl (C=O) groups excluding carboxylic acids is 1. The van der Waals surface area contributed by atoms with Crippen molar-refractivity contribution in [1.29, 1.82) is 0 Å². The zero-order valence-electron chi connectivity index (χ0n) is 11.2. The van der Waals surface area contributed by atoms with E-state index in [2.05, 4.69) is 0 Å². The third kappa shape index (κ3) is 2.37. The zero-order chi connectivity index (χ0) is 13.9. The molecule has 1 aromatic carbocycles. The smallest absolute Gasteiger partial charge is 0.264 e. The number of nitrogens with zero attached hydrogens (tertiary/aromatic N) is 1. The van der Waals surface area contributed by atoms with Crippen molar-refractivity contribution in [2.75, 3.05) is 13.2 Å². The van der Waals surface area contributed by atoms with Crippen LogP contribution in [0.25, 0.3) is 11.1 Å². The van der Waals surface area contributed by atoms with Crippen LogP contribution in [0.15, 0.2) is 41.8 Å². The summed E-state index contributed by atoms with van der Waals surface area (Å²) in [5.41, 5.74) is 2.06. The second kappa shape index (κ2) is 5.77. The zero-order valence-corrected chi connectivity index (χ0v) is 12.0. The first-order valence-electron chi connectivity index (χ1n) is 6.86. The molecule has 3 rings (SSSR count). The minimum Gasteiger partial charge on any atom is -0.394 e. The van der Waals surface area contributed by atoms with Gasteiger partial charge in [-0.25, -0.2) is 0 Å². The number of hydrogen-bond acceptors (Lipinski definition) is 3. The van der Waals surface area contributed by atoms with E-state index in [0.29, 0.717) is 0 Å². The van der Waals surface area contributed by atoms with Crippen LogP contribution >= 0.6 is 11.3 Å². The van der Waals surface area contributed by atoms with Gasteiger partial charge in [-0.2, -0.15) is 0 Å². The van der Waals surface area contributed by atoms with Gasteiger partial charge in [0.25, 0.3) is 5.91 Å². The lowest BCUT2D eigenvalue weighted by molar-refractivity contribution is 0.0683. The summed E-state index contributed by atoms with van der Waals surface area (Å²) in [5, 5.41) is 11.3. The summed E-state index contributed by atoms with van der Waals surface area (Å²) in [6.45, 7) is 0.800. The van der Waals surface area contributed by atoms with Gasteiger partial charge in [0.1, 0.15) is 0 Å². The molecule has 104 valence electrons. The van der Waals surface area contributed by atoms with Gasteiger partial charge in [0.05, 0.1) is 17.5 Å². The van der Waals surface area contributed by atoms with E-state index in [1.54, 1.807) is 0 Å². The van der Waals surface area contributed by atoms with Crippen LogP contribution in [0.1, 0.15) is 22.5 Å². The fraction of sp³-hybridized carbons (Fsp3) is 0.312. The molecule has 1 aliphatic heterocycles. The Morgan fingerprint density at radius 2 is 2.10 bits per heavy atom. The molecule has 20 heavy (non-hydrogen) atoms. The van der Waals surface area contributed by atoms with E-state index in [4.69, 9.17) is 0 Å². The monoisotopic (exact) mass is 287 g/mol. The van der Waals surface area contributed by atoms with Crippen molar-refractivity contribution >= 4 is 17.2 Å². The Bertz CT molecular complexity index is 594. The van der Waals surface area contributed by atoms with Crippen molar-refractivity contribution in [3.05, 3.63) is 46.7 Å². The fourth-order valence-electron chi connectivity index (χ4n) is 2.74. The number of carbonyl (C=O) groups is 1. The summed E-state index contributed by atoms with van der Waals surface area (Å²) in [5.74, 6) is 0.0513. The summed E-state index contributed by atoms with van der Waals surface area (Å²) < 4.78 is 0. The predicted molar refractivity (Wildman–Crippen MR) is 80.9 cm³/mol. The molecular formula is C16H17NO2S. The molecule has 0 aliphatic carbocycles. The Kier molecular flexibility index (Phi) is 3.85. The number of benzene rings is 1. The lowest BCUT2D eigenvalue weighted by Crippen LogP contribution is -2.37. The number of rotatable bonds is 3. The van der Waals surface area contributed by atoms with Crippen molar-refractivity contribution in [1.82, 2.24) is 4.90 Å². The van der Waals surface area contributed by atoms with E-state index in [9.17, 15) is 9.90 Å². The Labute approximate surface area is 122 Å². The van der Waals surface area contributed by atoms with Crippen molar-refractivity contribution in [3.8, 4) is 11.1 Å². The molecule has 1 fully saturated rings. The largest absolute Gasteiger partial charge is 0.394 e. The quantitative estimate of drug-likeness (QED) is 0.942. The third-order valence-electron chi connectivity index (χ3n) is 3.79. The number of aliphatic hydroxyl groups excluding tert-OH is 1. The summed E-state index contributed by atoms with van der Waals surface area (Å²) >= 11 is 1.48. The highest BCUT2D eigenvalue weighted by Gasteiger charge is 2.30. The molecule has 0 spiro atoms. The van der Waals surface area contributed by atoms with Crippen molar-refractivity contribution < 1.29 is 9.90 Å². The summed E-state index contributed by atoms with van der Waals surface area (Å²) in [7, 11) is 0. The molecule has 1 aliphatic rings. The van der Waals surface area contributed by atoms with E-state index < -0.39 is 0 Å². The number of likely N-dealkylation sites (tertiary alicyclic amines) is 1. The maximum absolute atomic E-state index is 12.7. The first-order valence-corrected chi connectivity index (χ1v) is 7.74. The molecule has 2 aromatic rings. The third-order valence-corrected chi connectivity index (χ3v) is 4.70. The van der Waals surface area contributed by atoms with Gasteiger partial charge < -0.3 is 10.0 Å². The molecule has 1 amide bonds. The minimum absolute atomic E-state index is 0.0202. The van der Waals surface area contributed by atoms with E-state index in [-0.39, 0.29) is 18.6 Å². The van der Waals surface area contributed by atoms with Crippen molar-refractivity contribution in [3.63, 3.8) is 0 Å². The van der Waals surface area contributed by atoms with E-state index in [1.165, 1.54) is 11.3 Å². The van der Waals surface area contributed by atoms with E-state index in [0.717, 1.165) is 35.4 Å². The normalized spacial score (nSPS) is 18.4. The van der Waals surface area contributed by atoms with Crippen molar-refractivity contribution in [2.45, 2.75) is 18.9 Å². The van der Waals surface area contributed by atoms with Crippen LogP contribution in [0.4, 0.5) is 0 Å². The Balaban J connectivity index is 1.92. The minimum atomic E-state index is -0.0202. The molecule has 1 atom stereocenters. The van der Waals surface area contributed by atoms with Crippen LogP contribution in [0.5, 0.6) is 0 Å². The van der Waals surface area contributed by atoms with Crippen LogP contribution in [0.3, 0.4) is 0 Å². The van der Waals surface area contributed by atoms with Crippen LogP contribution < -0.4 is 0 Å². The summed E-state index contributed by atoms with van der Waals surface area (Å²) in [6, 6.07) is 11.9. The first-order chi connectivity index (χ1) is 9.81. The molecule has 0 saturated carbocycles. The Hall–Kier alpha value is -1.65. The second-order valence-corrected chi connectivity index (χ2v) is 5.92. The van der Waals surface area contributed by atoms with Gasteiger partial charge in [0, 0.05) is 12.1 Å². The molecule has 1 aromatic heterocycles. The standard InChI is InChI=1S/C16H17NO2S/c18-11-13-7-4-9-17(13)16(19)15-14(8-10-20-15)12-5-2-1-3-6-12/h1-3,5-6,8,10,13,18H,4,7,9,11H2. The molecule has 2 heterocycles. The average Bonchev–Trinajstić information content (AvgIpc) is 3.16. The van der Waals surface area contributed by atoms with Gasteiger partial charge >= 0.3 is 0 Å². The Morgan fingerprint density at radius 3 is 2.85 bits per heavy atom. The second-order valence-electron chi connectivity index (χ2n) is 5.01. The molecule has 1 unspecified atom stereocenters. The highest BCUT2D eigenvalue weighted by Crippen LogP contribution is 2.31. The van der Waals surface area contributed by atoms with Gasteiger partial charge in [-0.15, -0.1) is 11.3 Å². The van der Waals surface area contributed by atoms with Crippen LogP contribution in [0.2, 0.25) is 0 Å². The predicted octanol–water partition coefficient (Wildman–Crippen LogP) is 3.01. The Morgan fingerprint density at radius 1 is 1.30 bits per heavy atom. The molecular weight excluding hydrogens is 270 g/mol. The highest BCUT2D eigenvalue weighted by atomic mass is 32.1. The van der Waals surface area contributed by atoms with E-state index >= 15 is 0 Å². The number of aliphatic hydroxyl groups is 1. The fourth-order valence-corrected chi connectivity index (χ4v) is 3.61. The summed E-state index contributed by atoms with van der Waals surface area (Å²) in [6.07, 6.45) is 1.87. The molecule has 0 bridgehead atoms. The molecule has 0 radical (unpaired) electrons. The van der Waals surface area contributed by atoms with Crippen LogP contribution in [-0.4, -0.2) is 35.1 Å². The van der Waals surface area contributed by atoms with Gasteiger partial charge in [-0.05, 0) is 29.9 Å². The molecule has 4 heteroatoms. The maximum atomic E-state index is 12.7. The van der Waals surface area contributed by atoms with E-state index in [1.807, 2.05) is 46.7 Å². The average molecular weight is 287 g/mol. The number of hydrogen-bond donors (Lipinski definition) is 1. The lowest BCUT2D eigenvalue weighted by atomic mass is 10.1. The molecule has 1 saturated heterocycles. The van der Waals surface area contributed by atoms with Crippen molar-refractivity contribution in [2.24, 2.45) is 0 Å². The van der Waals surface area contributed by atoms with Crippen LogP contribution in [0, 0.1) is 0 Å². The number of thiophene rings is 1. The first kappa shape index (κ1) is 13.3. The van der Waals surface area contributed by atoms with Gasteiger partial charge in [0.15, 0.2) is 0 Å². The topological polar surface area (TPSA) is 40.5 Å². The highest BCUT2D eigenvalue weighted by molar-refractivity contribution is 7.12. The lowest BCUT2D eigenvalue weighted by Gasteiger charge is -2.23. The number of amides is 1.